The molecular formula is C30H42FN3O. The van der Waals surface area contributed by atoms with Crippen LogP contribution in [0.2, 0.25) is 0 Å². The second kappa shape index (κ2) is 12.2. The molecule has 0 radical (unpaired) electrons. The van der Waals surface area contributed by atoms with E-state index in [1.165, 1.54) is 17.3 Å². The lowest BCUT2D eigenvalue weighted by Gasteiger charge is -2.36. The minimum atomic E-state index is -0.423. The summed E-state index contributed by atoms with van der Waals surface area (Å²) in [5, 5.41) is 3.30. The number of benzene rings is 2. The molecule has 1 unspecified atom stereocenters. The van der Waals surface area contributed by atoms with Gasteiger partial charge in [0.05, 0.1) is 6.04 Å². The molecule has 0 saturated carbocycles. The Morgan fingerprint density at radius 2 is 1.91 bits per heavy atom. The maximum atomic E-state index is 14.2. The number of aliphatic imine (C=N–C) groups is 1. The number of amidine groups is 1. The number of hydrogen-bond donors (Lipinski definition) is 1. The number of anilines is 1. The molecule has 1 N–H and O–H groups in total. The van der Waals surface area contributed by atoms with Gasteiger partial charge in [0, 0.05) is 36.8 Å². The highest BCUT2D eigenvalue weighted by molar-refractivity contribution is 5.75. The first-order chi connectivity index (χ1) is 16.7. The third kappa shape index (κ3) is 7.09. The molecule has 3 atom stereocenters. The van der Waals surface area contributed by atoms with Crippen molar-refractivity contribution in [1.82, 2.24) is 5.32 Å². The molecule has 0 amide bonds. The molecule has 1 heterocycles. The fraction of sp³-hybridized carbons (Fsp3) is 0.500. The first kappa shape index (κ1) is 26.8. The zero-order chi connectivity index (χ0) is 25.4. The maximum Gasteiger partial charge on any atom is 0.285 e. The van der Waals surface area contributed by atoms with Gasteiger partial charge in [-0.15, -0.1) is 6.58 Å². The van der Waals surface area contributed by atoms with Gasteiger partial charge in [0.1, 0.15) is 11.4 Å². The number of hydrogen-bond acceptors (Lipinski definition) is 4. The van der Waals surface area contributed by atoms with E-state index in [9.17, 15) is 4.39 Å². The molecule has 0 spiro atoms. The zero-order valence-electron chi connectivity index (χ0n) is 22.1. The molecule has 1 aliphatic heterocycles. The number of halogens is 1. The van der Waals surface area contributed by atoms with Crippen molar-refractivity contribution in [3.05, 3.63) is 78.1 Å². The van der Waals surface area contributed by atoms with Crippen LogP contribution in [-0.4, -0.2) is 31.3 Å². The van der Waals surface area contributed by atoms with Gasteiger partial charge >= 0.3 is 0 Å². The number of rotatable bonds is 10. The summed E-state index contributed by atoms with van der Waals surface area (Å²) < 4.78 is 20.7. The first-order valence-electron chi connectivity index (χ1n) is 12.9. The van der Waals surface area contributed by atoms with Crippen LogP contribution in [0.3, 0.4) is 0 Å². The van der Waals surface area contributed by atoms with Crippen LogP contribution in [0.15, 0.2) is 66.2 Å². The standard InChI is InChI=1S/C30H42FN3O/c1-7-9-19-34(18-8-2)25-16-14-24(15-17-25)20-27-22(3)21-32-29(35-30(27,5)6)33-23(4)26-12-10-11-13-28(26)31/h7,10-17,22-23,27H,1,8-9,18-21H2,2-6H3,(H,32,33)/t22?,23-,27-/m0/s1. The van der Waals surface area contributed by atoms with Crippen LogP contribution in [0.4, 0.5) is 10.1 Å². The lowest BCUT2D eigenvalue weighted by Crippen LogP contribution is -2.43. The van der Waals surface area contributed by atoms with Crippen LogP contribution in [0, 0.1) is 17.7 Å². The van der Waals surface area contributed by atoms with Crippen molar-refractivity contribution in [1.29, 1.82) is 0 Å². The summed E-state index contributed by atoms with van der Waals surface area (Å²) in [5.41, 5.74) is 2.75. The zero-order valence-corrected chi connectivity index (χ0v) is 22.1. The molecule has 0 fully saturated rings. The molecule has 0 aliphatic carbocycles. The minimum absolute atomic E-state index is 0.224. The second-order valence-corrected chi connectivity index (χ2v) is 10.3. The molecular weight excluding hydrogens is 437 g/mol. The Balaban J connectivity index is 1.69. The van der Waals surface area contributed by atoms with Crippen molar-refractivity contribution in [3.8, 4) is 0 Å². The summed E-state index contributed by atoms with van der Waals surface area (Å²) in [4.78, 5) is 7.15. The fourth-order valence-electron chi connectivity index (χ4n) is 4.99. The topological polar surface area (TPSA) is 36.9 Å². The molecule has 4 nitrogen and oxygen atoms in total. The van der Waals surface area contributed by atoms with Crippen molar-refractivity contribution in [2.24, 2.45) is 16.8 Å². The average molecular weight is 480 g/mol. The highest BCUT2D eigenvalue weighted by Gasteiger charge is 2.39. The number of nitrogens with one attached hydrogen (secondary N) is 1. The highest BCUT2D eigenvalue weighted by atomic mass is 19.1. The van der Waals surface area contributed by atoms with E-state index >= 15 is 0 Å². The molecule has 0 bridgehead atoms. The summed E-state index contributed by atoms with van der Waals surface area (Å²) in [6, 6.07) is 16.1. The quantitative estimate of drug-likeness (QED) is 0.376. The Kier molecular flexibility index (Phi) is 9.36. The average Bonchev–Trinajstić information content (AvgIpc) is 2.93. The molecule has 190 valence electrons. The molecule has 3 rings (SSSR count). The van der Waals surface area contributed by atoms with E-state index < -0.39 is 5.60 Å². The van der Waals surface area contributed by atoms with Gasteiger partial charge in [-0.05, 0) is 69.7 Å². The minimum Gasteiger partial charge on any atom is -0.459 e. The third-order valence-corrected chi connectivity index (χ3v) is 7.03. The van der Waals surface area contributed by atoms with E-state index in [1.807, 2.05) is 19.1 Å². The van der Waals surface area contributed by atoms with Gasteiger partial charge in [-0.25, -0.2) is 9.38 Å². The predicted octanol–water partition coefficient (Wildman–Crippen LogP) is 6.93. The van der Waals surface area contributed by atoms with E-state index in [1.54, 1.807) is 12.1 Å². The Morgan fingerprint density at radius 1 is 1.20 bits per heavy atom. The molecule has 0 aromatic heterocycles. The van der Waals surface area contributed by atoms with Crippen LogP contribution >= 0.6 is 0 Å². The van der Waals surface area contributed by atoms with Crippen LogP contribution in [0.5, 0.6) is 0 Å². The smallest absolute Gasteiger partial charge is 0.285 e. The Morgan fingerprint density at radius 3 is 2.57 bits per heavy atom. The summed E-state index contributed by atoms with van der Waals surface area (Å²) in [6.07, 6.45) is 5.00. The van der Waals surface area contributed by atoms with Crippen molar-refractivity contribution in [2.45, 2.75) is 65.5 Å². The molecule has 0 saturated heterocycles. The van der Waals surface area contributed by atoms with Crippen molar-refractivity contribution in [2.75, 3.05) is 24.5 Å². The maximum absolute atomic E-state index is 14.2. The van der Waals surface area contributed by atoms with Gasteiger partial charge < -0.3 is 15.0 Å². The Labute approximate surface area is 211 Å². The van der Waals surface area contributed by atoms with E-state index in [0.29, 0.717) is 24.0 Å². The first-order valence-corrected chi connectivity index (χ1v) is 12.9. The summed E-state index contributed by atoms with van der Waals surface area (Å²) in [6.45, 7) is 17.2. The van der Waals surface area contributed by atoms with Crippen LogP contribution < -0.4 is 10.2 Å². The van der Waals surface area contributed by atoms with Gasteiger partial charge in [-0.2, -0.15) is 0 Å². The fourth-order valence-corrected chi connectivity index (χ4v) is 4.99. The van der Waals surface area contributed by atoms with Gasteiger partial charge in [-0.3, -0.25) is 0 Å². The molecule has 1 aliphatic rings. The van der Waals surface area contributed by atoms with E-state index in [0.717, 1.165) is 32.4 Å². The van der Waals surface area contributed by atoms with Crippen LogP contribution in [0.1, 0.15) is 64.6 Å². The van der Waals surface area contributed by atoms with Crippen molar-refractivity contribution in [3.63, 3.8) is 0 Å². The summed E-state index contributed by atoms with van der Waals surface area (Å²) in [5.74, 6) is 0.405. The van der Waals surface area contributed by atoms with Gasteiger partial charge in [0.15, 0.2) is 0 Å². The Hall–Kier alpha value is -2.82. The normalized spacial score (nSPS) is 20.2. The second-order valence-electron chi connectivity index (χ2n) is 10.3. The SMILES string of the molecule is C=CCCN(CCC)c1ccc(C[C@H]2C(C)CN=C(N[C@@H](C)c3ccccc3F)OC2(C)C)cc1. The van der Waals surface area contributed by atoms with Crippen molar-refractivity contribution >= 4 is 11.7 Å². The highest BCUT2D eigenvalue weighted by Crippen LogP contribution is 2.34. The molecule has 35 heavy (non-hydrogen) atoms. The van der Waals surface area contributed by atoms with Gasteiger partial charge in [0.2, 0.25) is 0 Å². The lowest BCUT2D eigenvalue weighted by molar-refractivity contribution is 0.0112. The van der Waals surface area contributed by atoms with Crippen molar-refractivity contribution < 1.29 is 9.13 Å². The summed E-state index contributed by atoms with van der Waals surface area (Å²) in [7, 11) is 0. The molecule has 5 heteroatoms. The largest absolute Gasteiger partial charge is 0.459 e. The van der Waals surface area contributed by atoms with E-state index in [2.05, 4.69) is 68.8 Å². The van der Waals surface area contributed by atoms with Crippen LogP contribution in [0.25, 0.3) is 0 Å². The summed E-state index contributed by atoms with van der Waals surface area (Å²) >= 11 is 0. The third-order valence-electron chi connectivity index (χ3n) is 7.03. The number of nitrogens with zero attached hydrogens (tertiary/aromatic N) is 2. The monoisotopic (exact) mass is 479 g/mol. The molecule has 2 aromatic carbocycles. The van der Waals surface area contributed by atoms with Gasteiger partial charge in [0.25, 0.3) is 6.02 Å². The van der Waals surface area contributed by atoms with E-state index in [-0.39, 0.29) is 17.8 Å². The lowest BCUT2D eigenvalue weighted by atomic mass is 9.77. The van der Waals surface area contributed by atoms with E-state index in [4.69, 9.17) is 9.73 Å². The van der Waals surface area contributed by atoms with Crippen LogP contribution in [-0.2, 0) is 11.2 Å². The number of ether oxygens (including phenoxy) is 1. The predicted molar refractivity (Wildman–Crippen MR) is 146 cm³/mol. The Bertz CT molecular complexity index is 985. The molecule has 2 aromatic rings. The van der Waals surface area contributed by atoms with Gasteiger partial charge in [-0.1, -0.05) is 50.3 Å².